The predicted molar refractivity (Wildman–Crippen MR) is 74.9 cm³/mol. The number of amides is 2. The van der Waals surface area contributed by atoms with Gasteiger partial charge >= 0.3 is 0 Å². The van der Waals surface area contributed by atoms with E-state index in [4.69, 9.17) is 10.2 Å². The Labute approximate surface area is 120 Å². The fourth-order valence-electron chi connectivity index (χ4n) is 2.61. The minimum atomic E-state index is -0.288. The highest BCUT2D eigenvalue weighted by Crippen LogP contribution is 2.18. The zero-order valence-corrected chi connectivity index (χ0v) is 12.0. The van der Waals surface area contributed by atoms with Crippen LogP contribution in [0, 0.1) is 5.92 Å². The molecule has 0 radical (unpaired) electrons. The Kier molecular flexibility index (Phi) is 8.22. The molecule has 0 aliphatic carbocycles. The van der Waals surface area contributed by atoms with Crippen molar-refractivity contribution in [1.29, 1.82) is 0 Å². The lowest BCUT2D eigenvalue weighted by atomic mass is 9.94. The number of carbonyl (C=O) groups excluding carboxylic acids is 2. The molecule has 0 aromatic carbocycles. The van der Waals surface area contributed by atoms with Crippen LogP contribution in [0.15, 0.2) is 0 Å². The highest BCUT2D eigenvalue weighted by molar-refractivity contribution is 5.47. The summed E-state index contributed by atoms with van der Waals surface area (Å²) in [6.07, 6.45) is 6.19. The topological polar surface area (TPSA) is 81.1 Å². The van der Waals surface area contributed by atoms with Crippen molar-refractivity contribution < 1.29 is 19.8 Å². The Hall–Kier alpha value is -1.14. The summed E-state index contributed by atoms with van der Waals surface area (Å²) in [4.78, 5) is 23.8. The number of nitrogens with zero attached hydrogens (tertiary/aromatic N) is 2. The maximum absolute atomic E-state index is 10.3. The molecule has 0 aromatic rings. The van der Waals surface area contributed by atoms with Crippen LogP contribution in [-0.2, 0) is 9.59 Å². The lowest BCUT2D eigenvalue weighted by molar-refractivity contribution is -0.121. The second-order valence-corrected chi connectivity index (χ2v) is 5.49. The largest absolute Gasteiger partial charge is 0.396 e. The maximum Gasteiger partial charge on any atom is 0.209 e. The number of likely N-dealkylation sites (tertiary alicyclic amines) is 2. The standard InChI is InChI=1S/C8H15NO2.C6H11NO2/c10-6-3-8-1-4-9(7-11)5-2-8;8-5-7-3-1-2-6(9)4-7/h7-8,10H,1-6H2;5-6,9H,1-4H2. The fraction of sp³-hybridized carbons (Fsp3) is 0.857. The number of piperidine rings is 2. The smallest absolute Gasteiger partial charge is 0.209 e. The average Bonchev–Trinajstić information content (AvgIpc) is 2.49. The molecule has 2 rings (SSSR count). The number of hydrogen-bond acceptors (Lipinski definition) is 4. The van der Waals surface area contributed by atoms with Gasteiger partial charge < -0.3 is 20.0 Å². The molecule has 6 heteroatoms. The van der Waals surface area contributed by atoms with E-state index >= 15 is 0 Å². The third-order valence-corrected chi connectivity index (χ3v) is 3.91. The van der Waals surface area contributed by atoms with Crippen LogP contribution in [0.25, 0.3) is 0 Å². The number of β-amino-alcohol motifs (C(OH)–C–C–N with tert-alkyl or cyclic N) is 1. The molecular weight excluding hydrogens is 260 g/mol. The SMILES string of the molecule is O=CN1CCC(CCO)CC1.O=CN1CCCC(O)C1. The summed E-state index contributed by atoms with van der Waals surface area (Å²) in [5.74, 6) is 0.635. The monoisotopic (exact) mass is 286 g/mol. The van der Waals surface area contributed by atoms with Gasteiger partial charge in [-0.1, -0.05) is 0 Å². The lowest BCUT2D eigenvalue weighted by Crippen LogP contribution is -2.36. The maximum atomic E-state index is 10.3. The van der Waals surface area contributed by atoms with Gasteiger partial charge in [0.15, 0.2) is 0 Å². The van der Waals surface area contributed by atoms with Gasteiger partial charge in [0.2, 0.25) is 12.8 Å². The molecule has 116 valence electrons. The molecule has 2 fully saturated rings. The zero-order valence-electron chi connectivity index (χ0n) is 12.0. The quantitative estimate of drug-likeness (QED) is 0.704. The highest BCUT2D eigenvalue weighted by Gasteiger charge is 2.16. The minimum absolute atomic E-state index is 0.283. The Balaban J connectivity index is 0.000000204. The molecule has 0 aromatic heterocycles. The van der Waals surface area contributed by atoms with Crippen LogP contribution in [0.1, 0.15) is 32.1 Å². The van der Waals surface area contributed by atoms with Crippen molar-refractivity contribution in [2.24, 2.45) is 5.92 Å². The molecule has 2 heterocycles. The van der Waals surface area contributed by atoms with E-state index in [9.17, 15) is 9.59 Å². The summed E-state index contributed by atoms with van der Waals surface area (Å²) in [6.45, 7) is 3.35. The van der Waals surface area contributed by atoms with Crippen molar-refractivity contribution in [3.63, 3.8) is 0 Å². The Bertz CT molecular complexity index is 280. The first-order chi connectivity index (χ1) is 9.69. The molecule has 20 heavy (non-hydrogen) atoms. The summed E-state index contributed by atoms with van der Waals surface area (Å²) in [6, 6.07) is 0. The first-order valence-electron chi connectivity index (χ1n) is 7.37. The summed E-state index contributed by atoms with van der Waals surface area (Å²) < 4.78 is 0. The van der Waals surface area contributed by atoms with E-state index in [1.807, 2.05) is 0 Å². The number of rotatable bonds is 4. The number of carbonyl (C=O) groups is 2. The molecular formula is C14H26N2O4. The molecule has 2 saturated heterocycles. The molecule has 0 bridgehead atoms. The van der Waals surface area contributed by atoms with E-state index in [2.05, 4.69) is 0 Å². The second-order valence-electron chi connectivity index (χ2n) is 5.49. The van der Waals surface area contributed by atoms with Gasteiger partial charge in [-0.2, -0.15) is 0 Å². The minimum Gasteiger partial charge on any atom is -0.396 e. The van der Waals surface area contributed by atoms with Crippen LogP contribution in [0.4, 0.5) is 0 Å². The van der Waals surface area contributed by atoms with Crippen molar-refractivity contribution in [2.75, 3.05) is 32.8 Å². The molecule has 6 nitrogen and oxygen atoms in total. The summed E-state index contributed by atoms with van der Waals surface area (Å²) in [7, 11) is 0. The number of aliphatic hydroxyl groups is 2. The third kappa shape index (κ3) is 6.34. The number of hydrogen-bond donors (Lipinski definition) is 2. The first-order valence-corrected chi connectivity index (χ1v) is 7.37. The third-order valence-electron chi connectivity index (χ3n) is 3.91. The van der Waals surface area contributed by atoms with Crippen molar-refractivity contribution >= 4 is 12.8 Å². The highest BCUT2D eigenvalue weighted by atomic mass is 16.3. The first kappa shape index (κ1) is 16.9. The van der Waals surface area contributed by atoms with Crippen LogP contribution in [-0.4, -0.2) is 71.7 Å². The van der Waals surface area contributed by atoms with Crippen LogP contribution in [0.2, 0.25) is 0 Å². The van der Waals surface area contributed by atoms with Crippen molar-refractivity contribution in [2.45, 2.75) is 38.2 Å². The van der Waals surface area contributed by atoms with Crippen LogP contribution in [0.5, 0.6) is 0 Å². The van der Waals surface area contributed by atoms with Crippen LogP contribution in [0.3, 0.4) is 0 Å². The van der Waals surface area contributed by atoms with Crippen molar-refractivity contribution in [1.82, 2.24) is 9.80 Å². The molecule has 1 unspecified atom stereocenters. The van der Waals surface area contributed by atoms with Gasteiger partial charge in [-0.25, -0.2) is 0 Å². The Morgan fingerprint density at radius 1 is 1.00 bits per heavy atom. The molecule has 2 N–H and O–H groups in total. The van der Waals surface area contributed by atoms with Crippen molar-refractivity contribution in [3.05, 3.63) is 0 Å². The van der Waals surface area contributed by atoms with E-state index in [1.54, 1.807) is 9.80 Å². The molecule has 2 amide bonds. The zero-order chi connectivity index (χ0) is 14.8. The van der Waals surface area contributed by atoms with Gasteiger partial charge in [0, 0.05) is 32.8 Å². The number of aliphatic hydroxyl groups excluding tert-OH is 2. The average molecular weight is 286 g/mol. The van der Waals surface area contributed by atoms with Crippen molar-refractivity contribution in [3.8, 4) is 0 Å². The van der Waals surface area contributed by atoms with Gasteiger partial charge in [-0.15, -0.1) is 0 Å². The molecule has 1 atom stereocenters. The van der Waals surface area contributed by atoms with E-state index < -0.39 is 0 Å². The Morgan fingerprint density at radius 3 is 2.10 bits per heavy atom. The summed E-state index contributed by atoms with van der Waals surface area (Å²) in [5, 5.41) is 17.7. The van der Waals surface area contributed by atoms with Gasteiger partial charge in [0.25, 0.3) is 0 Å². The second kappa shape index (κ2) is 9.72. The van der Waals surface area contributed by atoms with Crippen LogP contribution >= 0.6 is 0 Å². The van der Waals surface area contributed by atoms with E-state index in [0.29, 0.717) is 12.5 Å². The summed E-state index contributed by atoms with van der Waals surface area (Å²) >= 11 is 0. The van der Waals surface area contributed by atoms with E-state index in [0.717, 1.165) is 64.6 Å². The van der Waals surface area contributed by atoms with E-state index in [-0.39, 0.29) is 12.7 Å². The lowest BCUT2D eigenvalue weighted by Gasteiger charge is -2.28. The van der Waals surface area contributed by atoms with E-state index in [1.165, 1.54) is 0 Å². The fourth-order valence-corrected chi connectivity index (χ4v) is 2.61. The normalized spacial score (nSPS) is 23.8. The molecule has 0 saturated carbocycles. The predicted octanol–water partition coefficient (Wildman–Crippen LogP) is -0.163. The van der Waals surface area contributed by atoms with Gasteiger partial charge in [0.1, 0.15) is 0 Å². The molecule has 2 aliphatic heterocycles. The van der Waals surface area contributed by atoms with Gasteiger partial charge in [-0.05, 0) is 38.0 Å². The summed E-state index contributed by atoms with van der Waals surface area (Å²) in [5.41, 5.74) is 0. The molecule has 0 spiro atoms. The van der Waals surface area contributed by atoms with Crippen LogP contribution < -0.4 is 0 Å². The van der Waals surface area contributed by atoms with Gasteiger partial charge in [-0.3, -0.25) is 9.59 Å². The van der Waals surface area contributed by atoms with Gasteiger partial charge in [0.05, 0.1) is 6.10 Å². The Morgan fingerprint density at radius 2 is 1.65 bits per heavy atom. The molecule has 2 aliphatic rings.